The van der Waals surface area contributed by atoms with Crippen LogP contribution in [0, 0.1) is 0 Å². The molecule has 1 spiro atoms. The fraction of sp³-hybridized carbons (Fsp3) is 0.364. The number of ether oxygens (including phenoxy) is 2. The van der Waals surface area contributed by atoms with Gasteiger partial charge < -0.3 is 14.0 Å². The second kappa shape index (κ2) is 7.04. The number of benzene rings is 1. The topological polar surface area (TPSA) is 52.4 Å². The van der Waals surface area contributed by atoms with Crippen molar-refractivity contribution >= 4 is 0 Å². The summed E-state index contributed by atoms with van der Waals surface area (Å²) in [5, 5.41) is 0. The summed E-state index contributed by atoms with van der Waals surface area (Å²) in [6.45, 7) is 4.19. The molecule has 4 heterocycles. The van der Waals surface area contributed by atoms with Gasteiger partial charge in [-0.25, -0.2) is 4.98 Å². The minimum Gasteiger partial charge on any atom is -0.497 e. The third-order valence-electron chi connectivity index (χ3n) is 5.76. The summed E-state index contributed by atoms with van der Waals surface area (Å²) in [4.78, 5) is 11.5. The van der Waals surface area contributed by atoms with E-state index in [1.165, 1.54) is 0 Å². The van der Waals surface area contributed by atoms with Gasteiger partial charge in [0.15, 0.2) is 0 Å². The zero-order valence-electron chi connectivity index (χ0n) is 16.0. The molecular formula is C22H24N4O2. The first-order valence-corrected chi connectivity index (χ1v) is 9.70. The van der Waals surface area contributed by atoms with Gasteiger partial charge in [0, 0.05) is 31.4 Å². The highest BCUT2D eigenvalue weighted by atomic mass is 16.5. The fourth-order valence-corrected chi connectivity index (χ4v) is 4.30. The van der Waals surface area contributed by atoms with Gasteiger partial charge in [0.2, 0.25) is 0 Å². The van der Waals surface area contributed by atoms with Gasteiger partial charge in [-0.15, -0.1) is 0 Å². The lowest BCUT2D eigenvalue weighted by Crippen LogP contribution is -2.44. The lowest BCUT2D eigenvalue weighted by Gasteiger charge is -2.35. The first-order chi connectivity index (χ1) is 13.7. The minimum atomic E-state index is -0.157. The Bertz CT molecular complexity index is 972. The van der Waals surface area contributed by atoms with E-state index in [-0.39, 0.29) is 5.60 Å². The van der Waals surface area contributed by atoms with Crippen molar-refractivity contribution in [2.45, 2.75) is 31.7 Å². The van der Waals surface area contributed by atoms with Crippen LogP contribution in [0.2, 0.25) is 0 Å². The smallest absolute Gasteiger partial charge is 0.135 e. The molecule has 0 N–H and O–H groups in total. The van der Waals surface area contributed by atoms with Crippen LogP contribution in [0.4, 0.5) is 0 Å². The Kier molecular flexibility index (Phi) is 4.37. The van der Waals surface area contributed by atoms with Crippen LogP contribution in [0.15, 0.2) is 54.9 Å². The van der Waals surface area contributed by atoms with Crippen molar-refractivity contribution in [2.24, 2.45) is 0 Å². The van der Waals surface area contributed by atoms with Crippen LogP contribution < -0.4 is 4.74 Å². The number of nitrogens with zero attached hydrogens (tertiary/aromatic N) is 4. The number of fused-ring (bicyclic) bond motifs is 1. The molecule has 6 heteroatoms. The molecule has 0 radical (unpaired) electrons. The quantitative estimate of drug-likeness (QED) is 0.700. The number of likely N-dealkylation sites (tertiary alicyclic amines) is 1. The van der Waals surface area contributed by atoms with Crippen LogP contribution in [-0.4, -0.2) is 45.2 Å². The lowest BCUT2D eigenvalue weighted by atomic mass is 10.0. The molecule has 2 aliphatic heterocycles. The largest absolute Gasteiger partial charge is 0.497 e. The molecule has 0 amide bonds. The van der Waals surface area contributed by atoms with E-state index in [2.05, 4.69) is 37.6 Å². The van der Waals surface area contributed by atoms with Crippen LogP contribution >= 0.6 is 0 Å². The highest BCUT2D eigenvalue weighted by Crippen LogP contribution is 2.36. The first kappa shape index (κ1) is 17.4. The molecule has 0 aliphatic carbocycles. The average Bonchev–Trinajstić information content (AvgIpc) is 3.33. The van der Waals surface area contributed by atoms with E-state index in [1.807, 2.05) is 36.7 Å². The molecule has 28 heavy (non-hydrogen) atoms. The van der Waals surface area contributed by atoms with Crippen LogP contribution in [0.1, 0.15) is 17.9 Å². The van der Waals surface area contributed by atoms with E-state index in [0.29, 0.717) is 6.61 Å². The molecule has 144 valence electrons. The number of rotatable bonds is 4. The molecule has 5 rings (SSSR count). The molecular weight excluding hydrogens is 352 g/mol. The van der Waals surface area contributed by atoms with Gasteiger partial charge in [0.1, 0.15) is 23.8 Å². The number of aromatic nitrogens is 3. The molecule has 1 unspecified atom stereocenters. The summed E-state index contributed by atoms with van der Waals surface area (Å²) in [6.07, 6.45) is 4.83. The molecule has 1 saturated heterocycles. The maximum atomic E-state index is 6.34. The molecule has 3 aromatic rings. The van der Waals surface area contributed by atoms with E-state index in [4.69, 9.17) is 9.47 Å². The SMILES string of the molecule is COc1cccc(-c2cnc3n2CC2(CCN(Cc4ccccn4)C2)OC3)c1. The van der Waals surface area contributed by atoms with Gasteiger partial charge in [0.05, 0.1) is 31.2 Å². The molecule has 2 aliphatic rings. The van der Waals surface area contributed by atoms with E-state index in [9.17, 15) is 0 Å². The van der Waals surface area contributed by atoms with E-state index in [0.717, 1.165) is 61.1 Å². The van der Waals surface area contributed by atoms with Gasteiger partial charge in [-0.2, -0.15) is 0 Å². The van der Waals surface area contributed by atoms with E-state index < -0.39 is 0 Å². The summed E-state index contributed by atoms with van der Waals surface area (Å²) in [5.41, 5.74) is 3.20. The third-order valence-corrected chi connectivity index (χ3v) is 5.76. The Morgan fingerprint density at radius 1 is 1.14 bits per heavy atom. The summed E-state index contributed by atoms with van der Waals surface area (Å²) < 4.78 is 14.1. The predicted octanol–water partition coefficient (Wildman–Crippen LogP) is 3.13. The van der Waals surface area contributed by atoms with Crippen LogP contribution in [0.3, 0.4) is 0 Å². The zero-order chi connectivity index (χ0) is 19.0. The zero-order valence-corrected chi connectivity index (χ0v) is 16.0. The van der Waals surface area contributed by atoms with Gasteiger partial charge >= 0.3 is 0 Å². The molecule has 1 aromatic carbocycles. The Morgan fingerprint density at radius 2 is 2.11 bits per heavy atom. The standard InChI is InChI=1S/C22H24N4O2/c1-27-19-7-4-5-17(11-19)20-12-24-21-14-28-22(16-26(20)21)8-10-25(15-22)13-18-6-2-3-9-23-18/h2-7,9,11-12H,8,10,13-16H2,1H3. The highest BCUT2D eigenvalue weighted by Gasteiger charge is 2.43. The molecule has 6 nitrogen and oxygen atoms in total. The van der Waals surface area contributed by atoms with Crippen molar-refractivity contribution in [3.05, 3.63) is 66.4 Å². The fourth-order valence-electron chi connectivity index (χ4n) is 4.30. The van der Waals surface area contributed by atoms with Gasteiger partial charge in [0.25, 0.3) is 0 Å². The minimum absolute atomic E-state index is 0.157. The summed E-state index contributed by atoms with van der Waals surface area (Å²) >= 11 is 0. The van der Waals surface area contributed by atoms with Gasteiger partial charge in [-0.1, -0.05) is 18.2 Å². The number of hydrogen-bond acceptors (Lipinski definition) is 5. The number of imidazole rings is 1. The average molecular weight is 376 g/mol. The normalized spacial score (nSPS) is 21.8. The molecule has 2 aromatic heterocycles. The van der Waals surface area contributed by atoms with Crippen LogP contribution in [-0.2, 0) is 24.4 Å². The van der Waals surface area contributed by atoms with Gasteiger partial charge in [-0.05, 0) is 30.7 Å². The molecule has 1 fully saturated rings. The van der Waals surface area contributed by atoms with Crippen molar-refractivity contribution in [3.8, 4) is 17.0 Å². The van der Waals surface area contributed by atoms with Crippen LogP contribution in [0.5, 0.6) is 5.75 Å². The summed E-state index contributed by atoms with van der Waals surface area (Å²) in [5.74, 6) is 1.85. The number of pyridine rings is 1. The van der Waals surface area contributed by atoms with Crippen molar-refractivity contribution < 1.29 is 9.47 Å². The lowest BCUT2D eigenvalue weighted by molar-refractivity contribution is -0.0821. The molecule has 0 bridgehead atoms. The Balaban J connectivity index is 1.37. The van der Waals surface area contributed by atoms with Gasteiger partial charge in [-0.3, -0.25) is 9.88 Å². The van der Waals surface area contributed by atoms with Crippen molar-refractivity contribution in [3.63, 3.8) is 0 Å². The maximum absolute atomic E-state index is 6.34. The Morgan fingerprint density at radius 3 is 2.96 bits per heavy atom. The third kappa shape index (κ3) is 3.19. The monoisotopic (exact) mass is 376 g/mol. The number of methoxy groups -OCH3 is 1. The Labute approximate surface area is 164 Å². The first-order valence-electron chi connectivity index (χ1n) is 9.70. The molecule has 0 saturated carbocycles. The van der Waals surface area contributed by atoms with Crippen molar-refractivity contribution in [1.82, 2.24) is 19.4 Å². The number of hydrogen-bond donors (Lipinski definition) is 0. The second-order valence-electron chi connectivity index (χ2n) is 7.63. The highest BCUT2D eigenvalue weighted by molar-refractivity contribution is 5.61. The van der Waals surface area contributed by atoms with E-state index in [1.54, 1.807) is 7.11 Å². The second-order valence-corrected chi connectivity index (χ2v) is 7.63. The summed E-state index contributed by atoms with van der Waals surface area (Å²) in [7, 11) is 1.70. The maximum Gasteiger partial charge on any atom is 0.135 e. The summed E-state index contributed by atoms with van der Waals surface area (Å²) in [6, 6.07) is 14.2. The predicted molar refractivity (Wildman–Crippen MR) is 106 cm³/mol. The van der Waals surface area contributed by atoms with E-state index >= 15 is 0 Å². The van der Waals surface area contributed by atoms with Crippen LogP contribution in [0.25, 0.3) is 11.3 Å². The van der Waals surface area contributed by atoms with Crippen molar-refractivity contribution in [2.75, 3.05) is 20.2 Å². The molecule has 1 atom stereocenters. The van der Waals surface area contributed by atoms with Crippen molar-refractivity contribution in [1.29, 1.82) is 0 Å². The Hall–Kier alpha value is -2.70.